The molecule has 0 amide bonds. The molecule has 1 aliphatic heterocycles. The van der Waals surface area contributed by atoms with Crippen LogP contribution in [0.2, 0.25) is 0 Å². The van der Waals surface area contributed by atoms with Gasteiger partial charge in [-0.25, -0.2) is 0 Å². The standard InChI is InChI=1S/C13H30N4/c1-14-11-13(16(2)3)15-9-5-7-12-8-6-10-17(12)4/h12-15H,5-11H2,1-4H3. The van der Waals surface area contributed by atoms with Crippen LogP contribution in [0.25, 0.3) is 0 Å². The van der Waals surface area contributed by atoms with Gasteiger partial charge in [-0.3, -0.25) is 4.90 Å². The molecule has 2 unspecified atom stereocenters. The normalized spacial score (nSPS) is 23.5. The van der Waals surface area contributed by atoms with Crippen LogP contribution < -0.4 is 10.6 Å². The highest BCUT2D eigenvalue weighted by atomic mass is 15.2. The number of rotatable bonds is 8. The Labute approximate surface area is 107 Å². The van der Waals surface area contributed by atoms with E-state index in [0.717, 1.165) is 19.1 Å². The smallest absolute Gasteiger partial charge is 0.0720 e. The predicted octanol–water partition coefficient (Wildman–Crippen LogP) is 0.558. The van der Waals surface area contributed by atoms with Gasteiger partial charge in [-0.05, 0) is 67.0 Å². The van der Waals surface area contributed by atoms with Crippen molar-refractivity contribution in [3.05, 3.63) is 0 Å². The number of likely N-dealkylation sites (tertiary alicyclic amines) is 1. The average molecular weight is 242 g/mol. The highest BCUT2D eigenvalue weighted by molar-refractivity contribution is 4.76. The van der Waals surface area contributed by atoms with Gasteiger partial charge in [0, 0.05) is 12.6 Å². The van der Waals surface area contributed by atoms with Crippen LogP contribution in [0.4, 0.5) is 0 Å². The Balaban J connectivity index is 2.09. The van der Waals surface area contributed by atoms with Gasteiger partial charge in [-0.15, -0.1) is 0 Å². The first kappa shape index (κ1) is 14.9. The minimum absolute atomic E-state index is 0.446. The molecule has 0 radical (unpaired) electrons. The van der Waals surface area contributed by atoms with Gasteiger partial charge >= 0.3 is 0 Å². The van der Waals surface area contributed by atoms with Crippen molar-refractivity contribution in [2.24, 2.45) is 0 Å². The molecule has 0 aromatic rings. The van der Waals surface area contributed by atoms with Crippen molar-refractivity contribution in [1.82, 2.24) is 20.4 Å². The molecule has 2 atom stereocenters. The van der Waals surface area contributed by atoms with Gasteiger partial charge in [-0.2, -0.15) is 0 Å². The van der Waals surface area contributed by atoms with Crippen LogP contribution >= 0.6 is 0 Å². The van der Waals surface area contributed by atoms with E-state index in [1.165, 1.54) is 32.2 Å². The Bertz CT molecular complexity index is 196. The molecular formula is C13H30N4. The zero-order valence-corrected chi connectivity index (χ0v) is 12.0. The Hall–Kier alpha value is -0.160. The first-order valence-electron chi connectivity index (χ1n) is 6.89. The quantitative estimate of drug-likeness (QED) is 0.481. The summed E-state index contributed by atoms with van der Waals surface area (Å²) >= 11 is 0. The fourth-order valence-electron chi connectivity index (χ4n) is 2.58. The molecule has 0 saturated carbocycles. The molecule has 4 nitrogen and oxygen atoms in total. The Kier molecular flexibility index (Phi) is 7.04. The van der Waals surface area contributed by atoms with Crippen molar-refractivity contribution >= 4 is 0 Å². The summed E-state index contributed by atoms with van der Waals surface area (Å²) < 4.78 is 0. The summed E-state index contributed by atoms with van der Waals surface area (Å²) in [6, 6.07) is 0.832. The van der Waals surface area contributed by atoms with Crippen molar-refractivity contribution in [3.8, 4) is 0 Å². The molecule has 0 spiro atoms. The maximum absolute atomic E-state index is 3.60. The van der Waals surface area contributed by atoms with Gasteiger partial charge in [-0.1, -0.05) is 0 Å². The summed E-state index contributed by atoms with van der Waals surface area (Å²) in [5, 5.41) is 6.83. The third kappa shape index (κ3) is 5.34. The van der Waals surface area contributed by atoms with E-state index >= 15 is 0 Å². The van der Waals surface area contributed by atoms with E-state index in [0.29, 0.717) is 6.17 Å². The monoisotopic (exact) mass is 242 g/mol. The molecule has 1 fully saturated rings. The maximum atomic E-state index is 3.60. The molecule has 0 bridgehead atoms. The van der Waals surface area contributed by atoms with Gasteiger partial charge in [0.25, 0.3) is 0 Å². The molecule has 1 saturated heterocycles. The number of likely N-dealkylation sites (N-methyl/N-ethyl adjacent to an activating group) is 2. The predicted molar refractivity (Wildman–Crippen MR) is 74.3 cm³/mol. The first-order valence-corrected chi connectivity index (χ1v) is 6.89. The zero-order valence-electron chi connectivity index (χ0n) is 12.0. The number of nitrogens with zero attached hydrogens (tertiary/aromatic N) is 2. The lowest BCUT2D eigenvalue weighted by atomic mass is 10.1. The first-order chi connectivity index (χ1) is 8.15. The van der Waals surface area contributed by atoms with Crippen molar-refractivity contribution in [1.29, 1.82) is 0 Å². The maximum Gasteiger partial charge on any atom is 0.0720 e. The van der Waals surface area contributed by atoms with Crippen LogP contribution in [0.5, 0.6) is 0 Å². The highest BCUT2D eigenvalue weighted by Crippen LogP contribution is 2.18. The van der Waals surface area contributed by atoms with E-state index < -0.39 is 0 Å². The number of nitrogens with one attached hydrogen (secondary N) is 2. The Morgan fingerprint density at radius 1 is 1.41 bits per heavy atom. The van der Waals surface area contributed by atoms with Gasteiger partial charge in [0.15, 0.2) is 0 Å². The van der Waals surface area contributed by atoms with E-state index in [1.54, 1.807) is 0 Å². The third-order valence-corrected chi connectivity index (χ3v) is 3.79. The molecule has 1 heterocycles. The molecule has 17 heavy (non-hydrogen) atoms. The lowest BCUT2D eigenvalue weighted by Crippen LogP contribution is -2.47. The summed E-state index contributed by atoms with van der Waals surface area (Å²) in [6.07, 6.45) is 5.84. The summed E-state index contributed by atoms with van der Waals surface area (Å²) in [5.41, 5.74) is 0. The van der Waals surface area contributed by atoms with Gasteiger partial charge in [0.1, 0.15) is 0 Å². The summed E-state index contributed by atoms with van der Waals surface area (Å²) in [5.74, 6) is 0. The molecule has 4 heteroatoms. The van der Waals surface area contributed by atoms with E-state index in [1.807, 2.05) is 7.05 Å². The second kappa shape index (κ2) is 8.03. The van der Waals surface area contributed by atoms with Gasteiger partial charge in [0.05, 0.1) is 6.17 Å². The number of hydrogen-bond acceptors (Lipinski definition) is 4. The minimum Gasteiger partial charge on any atom is -0.317 e. The topological polar surface area (TPSA) is 30.5 Å². The van der Waals surface area contributed by atoms with Crippen LogP contribution in [0.3, 0.4) is 0 Å². The summed E-state index contributed by atoms with van der Waals surface area (Å²) in [4.78, 5) is 4.75. The molecule has 2 N–H and O–H groups in total. The lowest BCUT2D eigenvalue weighted by molar-refractivity contribution is 0.235. The van der Waals surface area contributed by atoms with E-state index in [2.05, 4.69) is 41.6 Å². The fourth-order valence-corrected chi connectivity index (χ4v) is 2.58. The third-order valence-electron chi connectivity index (χ3n) is 3.79. The summed E-state index contributed by atoms with van der Waals surface area (Å²) in [7, 11) is 8.51. The van der Waals surface area contributed by atoms with Crippen molar-refractivity contribution in [3.63, 3.8) is 0 Å². The SMILES string of the molecule is CNCC(NCCCC1CCCN1C)N(C)C. The van der Waals surface area contributed by atoms with Crippen molar-refractivity contribution in [2.75, 3.05) is 47.8 Å². The van der Waals surface area contributed by atoms with Crippen LogP contribution in [-0.4, -0.2) is 69.8 Å². The Morgan fingerprint density at radius 3 is 2.71 bits per heavy atom. The lowest BCUT2D eigenvalue weighted by Gasteiger charge is -2.26. The molecule has 0 aliphatic carbocycles. The zero-order chi connectivity index (χ0) is 12.7. The molecule has 0 aromatic carbocycles. The van der Waals surface area contributed by atoms with E-state index in [9.17, 15) is 0 Å². The summed E-state index contributed by atoms with van der Waals surface area (Å²) in [6.45, 7) is 3.41. The second-order valence-electron chi connectivity index (χ2n) is 5.41. The van der Waals surface area contributed by atoms with Gasteiger partial charge < -0.3 is 15.5 Å². The van der Waals surface area contributed by atoms with Crippen LogP contribution in [0, 0.1) is 0 Å². The molecule has 0 aromatic heterocycles. The molecular weight excluding hydrogens is 212 g/mol. The van der Waals surface area contributed by atoms with Gasteiger partial charge in [0.2, 0.25) is 0 Å². The van der Waals surface area contributed by atoms with Crippen molar-refractivity contribution < 1.29 is 0 Å². The Morgan fingerprint density at radius 2 is 2.18 bits per heavy atom. The van der Waals surface area contributed by atoms with Crippen LogP contribution in [0.15, 0.2) is 0 Å². The fraction of sp³-hybridized carbons (Fsp3) is 1.00. The minimum atomic E-state index is 0.446. The highest BCUT2D eigenvalue weighted by Gasteiger charge is 2.20. The van der Waals surface area contributed by atoms with Crippen LogP contribution in [-0.2, 0) is 0 Å². The molecule has 1 aliphatic rings. The molecule has 1 rings (SSSR count). The largest absolute Gasteiger partial charge is 0.317 e. The van der Waals surface area contributed by atoms with Crippen molar-refractivity contribution in [2.45, 2.75) is 37.9 Å². The van der Waals surface area contributed by atoms with E-state index in [-0.39, 0.29) is 0 Å². The van der Waals surface area contributed by atoms with E-state index in [4.69, 9.17) is 0 Å². The second-order valence-corrected chi connectivity index (χ2v) is 5.41. The van der Waals surface area contributed by atoms with Crippen LogP contribution in [0.1, 0.15) is 25.7 Å². The average Bonchev–Trinajstić information content (AvgIpc) is 2.68. The molecule has 102 valence electrons. The number of hydrogen-bond donors (Lipinski definition) is 2.